The fraction of sp³-hybridized carbons (Fsp3) is 0.267. The third-order valence-corrected chi connectivity index (χ3v) is 6.06. The van der Waals surface area contributed by atoms with Crippen LogP contribution < -0.4 is 5.43 Å². The smallest absolute Gasteiger partial charge is 0.294 e. The molecule has 144 valence electrons. The highest BCUT2D eigenvalue weighted by Gasteiger charge is 2.56. The van der Waals surface area contributed by atoms with E-state index in [0.717, 1.165) is 17.7 Å². The number of sulfone groups is 2. The van der Waals surface area contributed by atoms with Crippen LogP contribution in [0.2, 0.25) is 0 Å². The number of hydrogen-bond donors (Lipinski definition) is 1. The molecule has 0 bridgehead atoms. The highest BCUT2D eigenvalue weighted by atomic mass is 32.2. The molecule has 1 unspecified atom stereocenters. The molecule has 1 aliphatic rings. The van der Waals surface area contributed by atoms with Crippen LogP contribution in [-0.4, -0.2) is 33.6 Å². The van der Waals surface area contributed by atoms with E-state index in [0.29, 0.717) is 0 Å². The summed E-state index contributed by atoms with van der Waals surface area (Å²) in [6, 6.07) is 7.26. The third-order valence-electron chi connectivity index (χ3n) is 3.39. The number of alkyl halides is 3. The summed E-state index contributed by atoms with van der Waals surface area (Å²) in [7, 11) is -7.11. The number of nitrogens with one attached hydrogen (secondary N) is 1. The molecule has 1 aromatic carbocycles. The Labute approximate surface area is 149 Å². The summed E-state index contributed by atoms with van der Waals surface area (Å²) in [5, 5.41) is 4.56. The van der Waals surface area contributed by atoms with Gasteiger partial charge in [0.25, 0.3) is 0 Å². The molecule has 1 atom stereocenters. The normalized spacial score (nSPS) is 20.2. The quantitative estimate of drug-likeness (QED) is 0.827. The number of nitrogens with zero attached hydrogens (tertiary/aromatic N) is 1. The van der Waals surface area contributed by atoms with Gasteiger partial charge in [0.1, 0.15) is 0 Å². The number of benzene rings is 1. The van der Waals surface area contributed by atoms with Crippen molar-refractivity contribution in [3.8, 4) is 0 Å². The molecular formula is C15H17F3N2O4S2. The van der Waals surface area contributed by atoms with Crippen molar-refractivity contribution < 1.29 is 30.0 Å². The Balaban J connectivity index is 0.000000412. The molecule has 11 heteroatoms. The van der Waals surface area contributed by atoms with E-state index in [2.05, 4.69) is 18.3 Å². The van der Waals surface area contributed by atoms with Gasteiger partial charge in [-0.15, -0.1) is 0 Å². The van der Waals surface area contributed by atoms with Crippen LogP contribution in [0.3, 0.4) is 0 Å². The lowest BCUT2D eigenvalue weighted by Crippen LogP contribution is -2.50. The highest BCUT2D eigenvalue weighted by molar-refractivity contribution is 8.06. The Kier molecular flexibility index (Phi) is 6.42. The van der Waals surface area contributed by atoms with Gasteiger partial charge in [0.2, 0.25) is 9.84 Å². The van der Waals surface area contributed by atoms with Gasteiger partial charge in [-0.3, -0.25) is 5.43 Å². The predicted octanol–water partition coefficient (Wildman–Crippen LogP) is 2.78. The first-order chi connectivity index (χ1) is 11.8. The standard InChI is InChI=1S/C11H11F3N2O2S.C4H6O2S/c1-10(11(12,13)14)7-9(15-16-10)19(17,18)8-5-3-2-4-6-8;1-3-7(5,6)4-2/h2-6,16H,7H2,1H3;3-4H,1-2H2. The lowest BCUT2D eigenvalue weighted by Gasteiger charge is -2.26. The van der Waals surface area contributed by atoms with Crippen LogP contribution in [0.4, 0.5) is 13.2 Å². The molecule has 26 heavy (non-hydrogen) atoms. The van der Waals surface area contributed by atoms with Crippen LogP contribution in [-0.2, 0) is 19.7 Å². The zero-order chi connectivity index (χ0) is 20.2. The highest BCUT2D eigenvalue weighted by Crippen LogP contribution is 2.37. The third kappa shape index (κ3) is 4.94. The van der Waals surface area contributed by atoms with Crippen LogP contribution in [0.15, 0.2) is 64.3 Å². The minimum Gasteiger partial charge on any atom is -0.294 e. The SMILES string of the molecule is C=CS(=O)(=O)C=C.CC1(C(F)(F)F)CC(S(=O)(=O)c2ccccc2)=NN1. The van der Waals surface area contributed by atoms with Gasteiger partial charge in [0.05, 0.1) is 4.90 Å². The molecular weight excluding hydrogens is 393 g/mol. The van der Waals surface area contributed by atoms with Gasteiger partial charge in [-0.2, -0.15) is 18.3 Å². The fourth-order valence-corrected chi connectivity index (χ4v) is 3.26. The zero-order valence-corrected chi connectivity index (χ0v) is 15.3. The second-order valence-electron chi connectivity index (χ2n) is 5.36. The lowest BCUT2D eigenvalue weighted by molar-refractivity contribution is -0.186. The second kappa shape index (κ2) is 7.62. The van der Waals surface area contributed by atoms with Gasteiger partial charge in [-0.1, -0.05) is 31.4 Å². The maximum atomic E-state index is 12.8. The lowest BCUT2D eigenvalue weighted by atomic mass is 10.0. The summed E-state index contributed by atoms with van der Waals surface area (Å²) in [6.45, 7) is 6.97. The predicted molar refractivity (Wildman–Crippen MR) is 92.6 cm³/mol. The van der Waals surface area contributed by atoms with Crippen molar-refractivity contribution in [2.45, 2.75) is 30.0 Å². The maximum absolute atomic E-state index is 12.8. The Bertz CT molecular complexity index is 894. The summed E-state index contributed by atoms with van der Waals surface area (Å²) < 4.78 is 82.8. The molecule has 0 radical (unpaired) electrons. The van der Waals surface area contributed by atoms with E-state index in [1.165, 1.54) is 24.3 Å². The molecule has 1 N–H and O–H groups in total. The van der Waals surface area contributed by atoms with Crippen LogP contribution in [0, 0.1) is 0 Å². The average Bonchev–Trinajstić information content (AvgIpc) is 3.01. The van der Waals surface area contributed by atoms with E-state index in [-0.39, 0.29) is 4.90 Å². The topological polar surface area (TPSA) is 92.7 Å². The van der Waals surface area contributed by atoms with Crippen molar-refractivity contribution in [3.63, 3.8) is 0 Å². The van der Waals surface area contributed by atoms with Gasteiger partial charge in [0, 0.05) is 17.2 Å². The Morgan fingerprint density at radius 2 is 1.62 bits per heavy atom. The Hall–Kier alpha value is -2.14. The first-order valence-corrected chi connectivity index (χ1v) is 10.1. The van der Waals surface area contributed by atoms with Crippen LogP contribution in [0.5, 0.6) is 0 Å². The monoisotopic (exact) mass is 410 g/mol. The number of rotatable bonds is 3. The van der Waals surface area contributed by atoms with Crippen molar-refractivity contribution >= 4 is 24.7 Å². The van der Waals surface area contributed by atoms with Crippen molar-refractivity contribution in [2.75, 3.05) is 0 Å². The molecule has 0 amide bonds. The van der Waals surface area contributed by atoms with E-state index in [1.54, 1.807) is 6.07 Å². The first kappa shape index (κ1) is 21.9. The van der Waals surface area contributed by atoms with Crippen LogP contribution in [0.1, 0.15) is 13.3 Å². The summed E-state index contributed by atoms with van der Waals surface area (Å²) >= 11 is 0. The zero-order valence-electron chi connectivity index (χ0n) is 13.7. The molecule has 1 aliphatic heterocycles. The molecule has 0 fully saturated rings. The summed E-state index contributed by atoms with van der Waals surface area (Å²) in [5.41, 5.74) is -0.460. The van der Waals surface area contributed by atoms with E-state index in [1.807, 2.05) is 5.43 Å². The molecule has 1 heterocycles. The van der Waals surface area contributed by atoms with Crippen LogP contribution in [0.25, 0.3) is 0 Å². The first-order valence-electron chi connectivity index (χ1n) is 6.99. The number of hydrazone groups is 1. The van der Waals surface area contributed by atoms with Crippen molar-refractivity contribution in [3.05, 3.63) is 54.3 Å². The second-order valence-corrected chi connectivity index (χ2v) is 9.16. The molecule has 0 aliphatic carbocycles. The Morgan fingerprint density at radius 3 is 1.96 bits per heavy atom. The summed E-state index contributed by atoms with van der Waals surface area (Å²) in [6.07, 6.45) is -5.29. The van der Waals surface area contributed by atoms with Gasteiger partial charge in [-0.05, 0) is 19.1 Å². The average molecular weight is 410 g/mol. The van der Waals surface area contributed by atoms with E-state index in [9.17, 15) is 30.0 Å². The van der Waals surface area contributed by atoms with Crippen molar-refractivity contribution in [1.29, 1.82) is 0 Å². The molecule has 6 nitrogen and oxygen atoms in total. The van der Waals surface area contributed by atoms with E-state index >= 15 is 0 Å². The molecule has 2 rings (SSSR count). The summed E-state index contributed by atoms with van der Waals surface area (Å²) in [4.78, 5) is -0.0676. The van der Waals surface area contributed by atoms with Gasteiger partial charge >= 0.3 is 6.18 Å². The largest absolute Gasteiger partial charge is 0.413 e. The van der Waals surface area contributed by atoms with Crippen molar-refractivity contribution in [2.24, 2.45) is 5.10 Å². The minimum absolute atomic E-state index is 0.0676. The molecule has 0 aromatic heterocycles. The van der Waals surface area contributed by atoms with Crippen LogP contribution >= 0.6 is 0 Å². The van der Waals surface area contributed by atoms with Gasteiger partial charge in [0.15, 0.2) is 20.4 Å². The molecule has 0 saturated carbocycles. The Morgan fingerprint density at radius 1 is 1.12 bits per heavy atom. The minimum atomic E-state index is -4.58. The number of hydrogen-bond acceptors (Lipinski definition) is 6. The fourth-order valence-electron chi connectivity index (χ4n) is 1.69. The number of halogens is 3. The van der Waals surface area contributed by atoms with E-state index < -0.39 is 42.9 Å². The van der Waals surface area contributed by atoms with Crippen molar-refractivity contribution in [1.82, 2.24) is 5.43 Å². The van der Waals surface area contributed by atoms with E-state index in [4.69, 9.17) is 0 Å². The summed E-state index contributed by atoms with van der Waals surface area (Å²) in [5.74, 6) is 0. The molecule has 0 spiro atoms. The van der Waals surface area contributed by atoms with Gasteiger partial charge < -0.3 is 0 Å². The molecule has 0 saturated heterocycles. The van der Waals surface area contributed by atoms with Gasteiger partial charge in [-0.25, -0.2) is 16.8 Å². The maximum Gasteiger partial charge on any atom is 0.413 e. The molecule has 1 aromatic rings.